The van der Waals surface area contributed by atoms with E-state index in [0.717, 1.165) is 31.8 Å². The molecule has 5 heteroatoms. The summed E-state index contributed by atoms with van der Waals surface area (Å²) in [6, 6.07) is 7.96. The first kappa shape index (κ1) is 16.1. The van der Waals surface area contributed by atoms with Crippen molar-refractivity contribution in [2.24, 2.45) is 5.92 Å². The summed E-state index contributed by atoms with van der Waals surface area (Å²) in [4.78, 5) is 16.3. The zero-order valence-corrected chi connectivity index (χ0v) is 13.8. The van der Waals surface area contributed by atoms with E-state index in [4.69, 9.17) is 5.11 Å². The van der Waals surface area contributed by atoms with Crippen molar-refractivity contribution in [1.82, 2.24) is 10.2 Å². The van der Waals surface area contributed by atoms with Crippen LogP contribution in [0.15, 0.2) is 24.3 Å². The lowest BCUT2D eigenvalue weighted by molar-refractivity contribution is 0.176. The fourth-order valence-corrected chi connectivity index (χ4v) is 3.11. The van der Waals surface area contributed by atoms with Gasteiger partial charge in [-0.25, -0.2) is 4.79 Å². The minimum absolute atomic E-state index is 0.00984. The van der Waals surface area contributed by atoms with Gasteiger partial charge in [-0.05, 0) is 55.9 Å². The molecule has 1 radical (unpaired) electrons. The molecule has 1 heterocycles. The van der Waals surface area contributed by atoms with Gasteiger partial charge in [0.25, 0.3) is 0 Å². The van der Waals surface area contributed by atoms with Crippen molar-refractivity contribution in [3.63, 3.8) is 0 Å². The Morgan fingerprint density at radius 2 is 1.87 bits per heavy atom. The van der Waals surface area contributed by atoms with E-state index in [1.807, 2.05) is 12.1 Å². The fourth-order valence-electron chi connectivity index (χ4n) is 3.11. The molecule has 0 unspecified atom stereocenters. The van der Waals surface area contributed by atoms with Crippen molar-refractivity contribution in [3.05, 3.63) is 24.3 Å². The Morgan fingerprint density at radius 3 is 2.43 bits per heavy atom. The van der Waals surface area contributed by atoms with Crippen LogP contribution in [0, 0.1) is 5.92 Å². The van der Waals surface area contributed by atoms with Crippen LogP contribution in [0.1, 0.15) is 32.6 Å². The van der Waals surface area contributed by atoms with Crippen molar-refractivity contribution >= 4 is 17.4 Å². The molecular formula is C18H26N3O2. The number of rotatable bonds is 5. The van der Waals surface area contributed by atoms with Gasteiger partial charge in [0, 0.05) is 31.4 Å². The summed E-state index contributed by atoms with van der Waals surface area (Å²) in [6.07, 6.45) is 4.52. The number of carbonyl (C=O) groups is 1. The molecule has 1 aliphatic carbocycles. The number of aliphatic hydroxyl groups excluding tert-OH is 1. The van der Waals surface area contributed by atoms with Crippen molar-refractivity contribution < 1.29 is 9.90 Å². The summed E-state index contributed by atoms with van der Waals surface area (Å²) in [5, 5.41) is 13.3. The first-order valence-corrected chi connectivity index (χ1v) is 8.65. The second-order valence-corrected chi connectivity index (χ2v) is 6.73. The van der Waals surface area contributed by atoms with E-state index in [2.05, 4.69) is 29.3 Å². The number of anilines is 1. The molecule has 5 nitrogen and oxygen atoms in total. The van der Waals surface area contributed by atoms with E-state index in [1.165, 1.54) is 18.5 Å². The zero-order valence-electron chi connectivity index (χ0n) is 13.8. The van der Waals surface area contributed by atoms with Crippen LogP contribution in [0.4, 0.5) is 16.2 Å². The highest BCUT2D eigenvalue weighted by Gasteiger charge is 2.32. The topological polar surface area (TPSA) is 57.9 Å². The van der Waals surface area contributed by atoms with Crippen molar-refractivity contribution in [2.75, 3.05) is 31.1 Å². The number of nitrogens with zero attached hydrogens (tertiary/aromatic N) is 3. The van der Waals surface area contributed by atoms with Gasteiger partial charge < -0.3 is 14.9 Å². The lowest BCUT2D eigenvalue weighted by Crippen LogP contribution is -2.38. The highest BCUT2D eigenvalue weighted by molar-refractivity contribution is 5.80. The van der Waals surface area contributed by atoms with Crippen LogP contribution in [0.3, 0.4) is 0 Å². The summed E-state index contributed by atoms with van der Waals surface area (Å²) in [7, 11) is 0. The second kappa shape index (κ2) is 7.21. The maximum absolute atomic E-state index is 12.2. The Hall–Kier alpha value is -1.75. The Balaban J connectivity index is 1.57. The predicted octanol–water partition coefficient (Wildman–Crippen LogP) is 2.74. The summed E-state index contributed by atoms with van der Waals surface area (Å²) in [6.45, 7) is 4.87. The van der Waals surface area contributed by atoms with Gasteiger partial charge >= 0.3 is 6.03 Å². The highest BCUT2D eigenvalue weighted by Crippen LogP contribution is 2.28. The van der Waals surface area contributed by atoms with Crippen LogP contribution in [-0.4, -0.2) is 48.3 Å². The lowest BCUT2D eigenvalue weighted by Gasteiger charge is -2.32. The molecule has 1 aromatic rings. The molecule has 3 rings (SSSR count). The van der Waals surface area contributed by atoms with Crippen LogP contribution in [0.25, 0.3) is 0 Å². The molecule has 2 fully saturated rings. The van der Waals surface area contributed by atoms with Crippen LogP contribution < -0.4 is 10.2 Å². The van der Waals surface area contributed by atoms with Crippen molar-refractivity contribution in [1.29, 1.82) is 0 Å². The average molecular weight is 316 g/mol. The van der Waals surface area contributed by atoms with Crippen LogP contribution in [0.2, 0.25) is 0 Å². The number of hydrogen-bond donors (Lipinski definition) is 1. The number of piperidine rings is 1. The smallest absolute Gasteiger partial charge is 0.344 e. The second-order valence-electron chi connectivity index (χ2n) is 6.73. The number of hydrogen-bond acceptors (Lipinski definition) is 3. The van der Waals surface area contributed by atoms with Crippen molar-refractivity contribution in [2.45, 2.75) is 38.6 Å². The average Bonchev–Trinajstić information content (AvgIpc) is 3.39. The van der Waals surface area contributed by atoms with E-state index in [1.54, 1.807) is 4.90 Å². The molecule has 0 spiro atoms. The first-order valence-electron chi connectivity index (χ1n) is 8.65. The molecule has 0 atom stereocenters. The minimum Gasteiger partial charge on any atom is -0.395 e. The van der Waals surface area contributed by atoms with Gasteiger partial charge in [-0.2, -0.15) is 5.32 Å². The summed E-state index contributed by atoms with van der Waals surface area (Å²) in [5.41, 5.74) is 1.89. The first-order chi connectivity index (χ1) is 11.2. The minimum atomic E-state index is -0.235. The van der Waals surface area contributed by atoms with Gasteiger partial charge in [0.1, 0.15) is 0 Å². The van der Waals surface area contributed by atoms with E-state index in [9.17, 15) is 4.79 Å². The zero-order chi connectivity index (χ0) is 16.2. The normalized spacial score (nSPS) is 18.8. The summed E-state index contributed by atoms with van der Waals surface area (Å²) < 4.78 is 0. The predicted molar refractivity (Wildman–Crippen MR) is 91.1 cm³/mol. The molecule has 23 heavy (non-hydrogen) atoms. The van der Waals surface area contributed by atoms with Gasteiger partial charge in [-0.3, -0.25) is 0 Å². The Morgan fingerprint density at radius 1 is 1.22 bits per heavy atom. The molecule has 1 saturated heterocycles. The fraction of sp³-hybridized carbons (Fsp3) is 0.611. The largest absolute Gasteiger partial charge is 0.395 e. The van der Waals surface area contributed by atoms with E-state index in [0.29, 0.717) is 12.2 Å². The number of amides is 2. The molecule has 1 aromatic carbocycles. The van der Waals surface area contributed by atoms with Crippen LogP contribution in [-0.2, 0) is 0 Å². The SMILES string of the molecule is CC1CCN(c2ccc([N]C(=O)N(CCO)C3CC3)cc2)CC1. The number of benzene rings is 1. The highest BCUT2D eigenvalue weighted by atomic mass is 16.3. The van der Waals surface area contributed by atoms with Crippen molar-refractivity contribution in [3.8, 4) is 0 Å². The van der Waals surface area contributed by atoms with Gasteiger partial charge in [0.05, 0.1) is 12.3 Å². The molecule has 2 aliphatic rings. The van der Waals surface area contributed by atoms with Gasteiger partial charge in [-0.15, -0.1) is 0 Å². The Kier molecular flexibility index (Phi) is 5.06. The number of carbonyl (C=O) groups excluding carboxylic acids is 1. The monoisotopic (exact) mass is 316 g/mol. The van der Waals surface area contributed by atoms with Gasteiger partial charge in [0.15, 0.2) is 0 Å². The molecule has 0 bridgehead atoms. The maximum atomic E-state index is 12.2. The third kappa shape index (κ3) is 4.16. The van der Waals surface area contributed by atoms with Crippen LogP contribution >= 0.6 is 0 Å². The Labute approximate surface area is 138 Å². The van der Waals surface area contributed by atoms with Gasteiger partial charge in [-0.1, -0.05) is 6.92 Å². The molecule has 1 N–H and O–H groups in total. The summed E-state index contributed by atoms with van der Waals surface area (Å²) >= 11 is 0. The third-order valence-electron chi connectivity index (χ3n) is 4.80. The Bertz CT molecular complexity index is 520. The van der Waals surface area contributed by atoms with Crippen LogP contribution in [0.5, 0.6) is 0 Å². The standard InChI is InChI=1S/C18H26N3O2/c1-14-8-10-20(11-9-14)16-4-2-15(3-5-16)19-18(23)21(12-13-22)17-6-7-17/h2-5,14,17,22H,6-13H2,1H3. The molecular weight excluding hydrogens is 290 g/mol. The molecule has 1 aliphatic heterocycles. The van der Waals surface area contributed by atoms with E-state index in [-0.39, 0.29) is 18.7 Å². The van der Waals surface area contributed by atoms with E-state index >= 15 is 0 Å². The third-order valence-corrected chi connectivity index (χ3v) is 4.80. The molecule has 0 aromatic heterocycles. The lowest BCUT2D eigenvalue weighted by atomic mass is 9.99. The number of urea groups is 1. The van der Waals surface area contributed by atoms with E-state index < -0.39 is 0 Å². The molecule has 125 valence electrons. The summed E-state index contributed by atoms with van der Waals surface area (Å²) in [5.74, 6) is 0.818. The van der Waals surface area contributed by atoms with Gasteiger partial charge in [0.2, 0.25) is 0 Å². The maximum Gasteiger partial charge on any atom is 0.344 e. The quantitative estimate of drug-likeness (QED) is 0.908. The number of aliphatic hydroxyl groups is 1. The molecule has 1 saturated carbocycles. The molecule has 2 amide bonds.